The minimum Gasteiger partial charge on any atom is -0.463 e. The fourth-order valence-electron chi connectivity index (χ4n) is 5.44. The average molecular weight is 547 g/mol. The molecule has 9 nitrogen and oxygen atoms in total. The standard InChI is InChI=1S/C31H38N4O5/c1-3-35-26(21-33-16-9-17-34(19-18-33)29(36)22-14-15-22)27(30(37)39-4-2)28(32-31(35)38)23-10-8-13-25(20-23)40-24-11-6-5-7-12-24/h5-8,10-13,20,22,28H,3-4,9,14-19,21H2,1-2H3,(H,32,38). The summed E-state index contributed by atoms with van der Waals surface area (Å²) in [5.41, 5.74) is 1.80. The van der Waals surface area contributed by atoms with E-state index in [1.807, 2.05) is 66.4 Å². The predicted octanol–water partition coefficient (Wildman–Crippen LogP) is 4.33. The minimum absolute atomic E-state index is 0.199. The van der Waals surface area contributed by atoms with Crippen molar-refractivity contribution >= 4 is 17.9 Å². The fraction of sp³-hybridized carbons (Fsp3) is 0.452. The highest BCUT2D eigenvalue weighted by atomic mass is 16.5. The fourth-order valence-corrected chi connectivity index (χ4v) is 5.44. The lowest BCUT2D eigenvalue weighted by atomic mass is 9.94. The Bertz CT molecular complexity index is 1260. The van der Waals surface area contributed by atoms with E-state index >= 15 is 0 Å². The first kappa shape index (κ1) is 27.7. The zero-order valence-corrected chi connectivity index (χ0v) is 23.3. The number of urea groups is 1. The summed E-state index contributed by atoms with van der Waals surface area (Å²) in [5, 5.41) is 3.04. The quantitative estimate of drug-likeness (QED) is 0.471. The van der Waals surface area contributed by atoms with Gasteiger partial charge in [0.15, 0.2) is 0 Å². The summed E-state index contributed by atoms with van der Waals surface area (Å²) in [5.74, 6) is 1.31. The molecule has 0 spiro atoms. The minimum atomic E-state index is -0.691. The summed E-state index contributed by atoms with van der Waals surface area (Å²) in [6, 6.07) is 16.0. The summed E-state index contributed by atoms with van der Waals surface area (Å²) in [7, 11) is 0. The second-order valence-corrected chi connectivity index (χ2v) is 10.4. The Morgan fingerprint density at radius 3 is 2.45 bits per heavy atom. The molecule has 3 amide bonds. The van der Waals surface area contributed by atoms with Crippen LogP contribution in [0.15, 0.2) is 65.9 Å². The molecule has 9 heteroatoms. The summed E-state index contributed by atoms with van der Waals surface area (Å²) in [6.45, 7) is 7.58. The van der Waals surface area contributed by atoms with Gasteiger partial charge in [0, 0.05) is 50.9 Å². The van der Waals surface area contributed by atoms with Gasteiger partial charge in [-0.15, -0.1) is 0 Å². The normalized spacial score (nSPS) is 20.1. The Balaban J connectivity index is 1.45. The first-order valence-electron chi connectivity index (χ1n) is 14.3. The van der Waals surface area contributed by atoms with Gasteiger partial charge in [-0.25, -0.2) is 9.59 Å². The highest BCUT2D eigenvalue weighted by molar-refractivity contribution is 5.95. The Kier molecular flexibility index (Phi) is 8.69. The smallest absolute Gasteiger partial charge is 0.338 e. The van der Waals surface area contributed by atoms with Crippen molar-refractivity contribution in [3.05, 3.63) is 71.4 Å². The van der Waals surface area contributed by atoms with Crippen molar-refractivity contribution in [2.24, 2.45) is 5.92 Å². The Morgan fingerprint density at radius 1 is 0.950 bits per heavy atom. The number of benzene rings is 2. The van der Waals surface area contributed by atoms with Crippen molar-refractivity contribution in [3.8, 4) is 11.5 Å². The van der Waals surface area contributed by atoms with Crippen LogP contribution >= 0.6 is 0 Å². The van der Waals surface area contributed by atoms with E-state index in [4.69, 9.17) is 9.47 Å². The summed E-state index contributed by atoms with van der Waals surface area (Å²) in [6.07, 6.45) is 2.84. The van der Waals surface area contributed by atoms with Crippen LogP contribution in [0.25, 0.3) is 0 Å². The van der Waals surface area contributed by atoms with Crippen LogP contribution in [-0.4, -0.2) is 78.5 Å². The monoisotopic (exact) mass is 546 g/mol. The molecular weight excluding hydrogens is 508 g/mol. The number of nitrogens with one attached hydrogen (secondary N) is 1. The number of para-hydroxylation sites is 1. The number of hydrogen-bond donors (Lipinski definition) is 1. The summed E-state index contributed by atoms with van der Waals surface area (Å²) in [4.78, 5) is 45.4. The maximum Gasteiger partial charge on any atom is 0.338 e. The van der Waals surface area contributed by atoms with E-state index in [1.165, 1.54) is 0 Å². The number of likely N-dealkylation sites (N-methyl/N-ethyl adjacent to an activating group) is 1. The molecule has 1 saturated carbocycles. The lowest BCUT2D eigenvalue weighted by Gasteiger charge is -2.38. The van der Waals surface area contributed by atoms with E-state index in [2.05, 4.69) is 10.2 Å². The van der Waals surface area contributed by atoms with Crippen molar-refractivity contribution in [1.29, 1.82) is 0 Å². The first-order valence-corrected chi connectivity index (χ1v) is 14.3. The van der Waals surface area contributed by atoms with Crippen LogP contribution in [0.4, 0.5) is 4.79 Å². The number of hydrogen-bond acceptors (Lipinski definition) is 6. The average Bonchev–Trinajstić information content (AvgIpc) is 3.82. The van der Waals surface area contributed by atoms with Crippen molar-refractivity contribution in [2.45, 2.75) is 39.2 Å². The first-order chi connectivity index (χ1) is 19.5. The van der Waals surface area contributed by atoms with Gasteiger partial charge in [0.2, 0.25) is 5.91 Å². The number of amides is 3. The molecule has 0 radical (unpaired) electrons. The lowest BCUT2D eigenvalue weighted by molar-refractivity contribution is -0.139. The highest BCUT2D eigenvalue weighted by Gasteiger charge is 2.39. The van der Waals surface area contributed by atoms with Gasteiger partial charge in [0.1, 0.15) is 11.5 Å². The number of carbonyl (C=O) groups is 3. The molecule has 212 valence electrons. The van der Waals surface area contributed by atoms with Gasteiger partial charge in [-0.05, 0) is 62.9 Å². The van der Waals surface area contributed by atoms with Gasteiger partial charge >= 0.3 is 12.0 Å². The number of carbonyl (C=O) groups excluding carboxylic acids is 3. The topological polar surface area (TPSA) is 91.4 Å². The molecule has 40 heavy (non-hydrogen) atoms. The second-order valence-electron chi connectivity index (χ2n) is 10.4. The Morgan fingerprint density at radius 2 is 1.73 bits per heavy atom. The van der Waals surface area contributed by atoms with E-state index in [0.717, 1.165) is 37.9 Å². The van der Waals surface area contributed by atoms with E-state index < -0.39 is 12.0 Å². The zero-order valence-electron chi connectivity index (χ0n) is 23.3. The SMILES string of the molecule is CCOC(=O)C1=C(CN2CCCN(C(=O)C3CC3)CC2)N(CC)C(=O)NC1c1cccc(Oc2ccccc2)c1. The molecule has 1 aliphatic carbocycles. The third kappa shape index (κ3) is 6.31. The zero-order chi connectivity index (χ0) is 28.1. The lowest BCUT2D eigenvalue weighted by Crippen LogP contribution is -2.51. The molecule has 1 saturated heterocycles. The van der Waals surface area contributed by atoms with Gasteiger partial charge in [-0.1, -0.05) is 30.3 Å². The largest absolute Gasteiger partial charge is 0.463 e. The second kappa shape index (κ2) is 12.6. The molecule has 2 aromatic carbocycles. The number of nitrogens with zero attached hydrogens (tertiary/aromatic N) is 3. The molecule has 2 fully saturated rings. The van der Waals surface area contributed by atoms with E-state index in [1.54, 1.807) is 11.8 Å². The van der Waals surface area contributed by atoms with E-state index in [0.29, 0.717) is 48.9 Å². The van der Waals surface area contributed by atoms with Gasteiger partial charge in [0.25, 0.3) is 0 Å². The molecule has 2 heterocycles. The molecule has 2 aliphatic heterocycles. The van der Waals surface area contributed by atoms with Crippen molar-refractivity contribution in [1.82, 2.24) is 20.0 Å². The van der Waals surface area contributed by atoms with Gasteiger partial charge in [0.05, 0.1) is 18.2 Å². The maximum atomic E-state index is 13.5. The van der Waals surface area contributed by atoms with Crippen LogP contribution in [0.5, 0.6) is 11.5 Å². The van der Waals surface area contributed by atoms with Crippen LogP contribution in [0.2, 0.25) is 0 Å². The van der Waals surface area contributed by atoms with Crippen molar-refractivity contribution in [2.75, 3.05) is 45.9 Å². The van der Waals surface area contributed by atoms with Crippen LogP contribution in [0.3, 0.4) is 0 Å². The van der Waals surface area contributed by atoms with Crippen LogP contribution < -0.4 is 10.1 Å². The molecule has 5 rings (SSSR count). The summed E-state index contributed by atoms with van der Waals surface area (Å²) < 4.78 is 11.6. The molecule has 2 aromatic rings. The van der Waals surface area contributed by atoms with Gasteiger partial charge in [-0.2, -0.15) is 0 Å². The molecule has 1 atom stereocenters. The predicted molar refractivity (Wildman–Crippen MR) is 151 cm³/mol. The van der Waals surface area contributed by atoms with E-state index in [9.17, 15) is 14.4 Å². The van der Waals surface area contributed by atoms with Gasteiger partial charge < -0.3 is 19.7 Å². The van der Waals surface area contributed by atoms with Gasteiger partial charge in [-0.3, -0.25) is 14.6 Å². The Hall–Kier alpha value is -3.85. The maximum absolute atomic E-state index is 13.5. The molecule has 0 aromatic heterocycles. The molecule has 3 aliphatic rings. The third-order valence-electron chi connectivity index (χ3n) is 7.62. The molecule has 0 bridgehead atoms. The van der Waals surface area contributed by atoms with Crippen LogP contribution in [0.1, 0.15) is 44.7 Å². The van der Waals surface area contributed by atoms with Crippen LogP contribution in [0, 0.1) is 5.92 Å². The molecule has 1 N–H and O–H groups in total. The van der Waals surface area contributed by atoms with E-state index in [-0.39, 0.29) is 24.5 Å². The molecular formula is C31H38N4O5. The van der Waals surface area contributed by atoms with Crippen LogP contribution in [-0.2, 0) is 14.3 Å². The Labute approximate surface area is 235 Å². The molecule has 1 unspecified atom stereocenters. The number of esters is 1. The van der Waals surface area contributed by atoms with Crippen molar-refractivity contribution < 1.29 is 23.9 Å². The highest BCUT2D eigenvalue weighted by Crippen LogP contribution is 2.35. The number of ether oxygens (including phenoxy) is 2. The van der Waals surface area contributed by atoms with Crippen molar-refractivity contribution in [3.63, 3.8) is 0 Å². The number of rotatable bonds is 9. The summed E-state index contributed by atoms with van der Waals surface area (Å²) >= 11 is 0. The third-order valence-corrected chi connectivity index (χ3v) is 7.62.